The molecule has 2 unspecified atom stereocenters. The van der Waals surface area contributed by atoms with Gasteiger partial charge in [0.05, 0.1) is 22.4 Å². The normalized spacial score (nSPS) is 25.0. The third kappa shape index (κ3) is 7.20. The van der Waals surface area contributed by atoms with Crippen LogP contribution in [-0.4, -0.2) is 29.9 Å². The van der Waals surface area contributed by atoms with E-state index >= 15 is 0 Å². The van der Waals surface area contributed by atoms with E-state index in [1.807, 2.05) is 0 Å². The molecule has 0 radical (unpaired) electrons. The van der Waals surface area contributed by atoms with E-state index in [0.29, 0.717) is 5.56 Å². The highest BCUT2D eigenvalue weighted by Crippen LogP contribution is 2.42. The second-order valence-electron chi connectivity index (χ2n) is 10.8. The van der Waals surface area contributed by atoms with Gasteiger partial charge in [-0.1, -0.05) is 38.3 Å². The third-order valence-corrected chi connectivity index (χ3v) is 7.43. The summed E-state index contributed by atoms with van der Waals surface area (Å²) in [5.74, 6) is 0.962. The van der Waals surface area contributed by atoms with Gasteiger partial charge >= 0.3 is 18.4 Å². The summed E-state index contributed by atoms with van der Waals surface area (Å²) in [5.41, 5.74) is -3.34. The Hall–Kier alpha value is -2.99. The zero-order valence-electron chi connectivity index (χ0n) is 22.1. The number of nitrogens with one attached hydrogen (secondary N) is 2. The van der Waals surface area contributed by atoms with Crippen LogP contribution in [0.15, 0.2) is 36.4 Å². The van der Waals surface area contributed by atoms with Crippen LogP contribution in [0.4, 0.5) is 36.8 Å². The Morgan fingerprint density at radius 3 is 2.23 bits per heavy atom. The summed E-state index contributed by atoms with van der Waals surface area (Å²) in [4.78, 5) is 11.4. The first-order valence-corrected chi connectivity index (χ1v) is 13.1. The predicted octanol–water partition coefficient (Wildman–Crippen LogP) is 7.00. The van der Waals surface area contributed by atoms with Crippen LogP contribution < -0.4 is 15.4 Å². The number of rotatable bonds is 4. The van der Waals surface area contributed by atoms with Crippen molar-refractivity contribution >= 4 is 11.8 Å². The molecule has 6 nitrogen and oxygen atoms in total. The summed E-state index contributed by atoms with van der Waals surface area (Å²) in [7, 11) is 0. The summed E-state index contributed by atoms with van der Waals surface area (Å²) in [6.07, 6.45) is -5.49. The maximum atomic E-state index is 13.6. The highest BCUT2D eigenvalue weighted by Gasteiger charge is 2.41. The molecule has 0 aromatic heterocycles. The quantitative estimate of drug-likeness (QED) is 0.343. The smallest absolute Gasteiger partial charge is 0.418 e. The number of fused-ring (bicyclic) bond motifs is 1. The molecule has 2 heterocycles. The van der Waals surface area contributed by atoms with Gasteiger partial charge < -0.3 is 19.9 Å². The van der Waals surface area contributed by atoms with Gasteiger partial charge in [-0.15, -0.1) is 0 Å². The van der Waals surface area contributed by atoms with Crippen molar-refractivity contribution in [1.29, 1.82) is 0 Å². The number of halogens is 6. The first kappa shape index (κ1) is 30.0. The first-order chi connectivity index (χ1) is 18.6. The number of alkyl halides is 6. The molecule has 1 aliphatic carbocycles. The van der Waals surface area contributed by atoms with E-state index in [2.05, 4.69) is 17.6 Å². The number of carbonyl (C=O) groups excluding carboxylic acids is 1. The second-order valence-corrected chi connectivity index (χ2v) is 10.8. The lowest BCUT2D eigenvalue weighted by molar-refractivity contribution is -0.138. The van der Waals surface area contributed by atoms with Crippen LogP contribution in [0.5, 0.6) is 5.75 Å². The van der Waals surface area contributed by atoms with Gasteiger partial charge in [-0.3, -0.25) is 5.32 Å². The molecule has 1 amide bonds. The number of amides is 1. The Morgan fingerprint density at radius 2 is 1.68 bits per heavy atom. The molecule has 0 bridgehead atoms. The van der Waals surface area contributed by atoms with Crippen molar-refractivity contribution in [3.8, 4) is 5.75 Å². The van der Waals surface area contributed by atoms with Crippen molar-refractivity contribution in [3.05, 3.63) is 58.7 Å². The molecule has 2 aliphatic heterocycles. The molecule has 1 saturated heterocycles. The van der Waals surface area contributed by atoms with Gasteiger partial charge in [-0.2, -0.15) is 26.3 Å². The molecule has 3 N–H and O–H groups in total. The molecule has 3 aliphatic rings. The van der Waals surface area contributed by atoms with Crippen LogP contribution in [-0.2, 0) is 29.3 Å². The SMILES string of the molecule is CC1CCC1.CC1C[C@@](O)(c2ccc(C(F)(F)F)cc2)CC(COc2cc3c(c(C(F)(F)F)c2)NC(=O)OC3)N1. The third-order valence-electron chi connectivity index (χ3n) is 7.43. The zero-order valence-corrected chi connectivity index (χ0v) is 22.1. The molecule has 220 valence electrons. The number of piperidine rings is 1. The van der Waals surface area contributed by atoms with Crippen molar-refractivity contribution in [2.45, 2.75) is 82.6 Å². The number of benzene rings is 2. The van der Waals surface area contributed by atoms with Crippen LogP contribution >= 0.6 is 0 Å². The second kappa shape index (κ2) is 11.5. The van der Waals surface area contributed by atoms with E-state index in [0.717, 1.165) is 24.1 Å². The number of cyclic esters (lactones) is 1. The molecule has 2 aromatic rings. The Labute approximate surface area is 228 Å². The summed E-state index contributed by atoms with van der Waals surface area (Å²) < 4.78 is 89.7. The van der Waals surface area contributed by atoms with Crippen molar-refractivity contribution < 1.29 is 45.7 Å². The Bertz CT molecular complexity index is 1200. The Balaban J connectivity index is 0.000000666. The maximum Gasteiger partial charge on any atom is 0.418 e. The van der Waals surface area contributed by atoms with E-state index in [-0.39, 0.29) is 49.1 Å². The number of hydrogen-bond acceptors (Lipinski definition) is 5. The summed E-state index contributed by atoms with van der Waals surface area (Å²) in [5, 5.41) is 16.5. The van der Waals surface area contributed by atoms with Gasteiger partial charge in [0.1, 0.15) is 19.0 Å². The fourth-order valence-corrected chi connectivity index (χ4v) is 5.16. The highest BCUT2D eigenvalue weighted by atomic mass is 19.4. The van der Waals surface area contributed by atoms with Crippen molar-refractivity contribution in [1.82, 2.24) is 5.32 Å². The monoisotopic (exact) mass is 574 g/mol. The molecule has 12 heteroatoms. The molecular weight excluding hydrogens is 542 g/mol. The molecule has 2 aromatic carbocycles. The van der Waals surface area contributed by atoms with E-state index in [9.17, 15) is 36.2 Å². The lowest BCUT2D eigenvalue weighted by atomic mass is 9.79. The van der Waals surface area contributed by atoms with Crippen LogP contribution in [0, 0.1) is 5.92 Å². The van der Waals surface area contributed by atoms with Crippen LogP contribution in [0.3, 0.4) is 0 Å². The molecule has 40 heavy (non-hydrogen) atoms. The largest absolute Gasteiger partial charge is 0.492 e. The molecule has 1 saturated carbocycles. The van der Waals surface area contributed by atoms with Crippen molar-refractivity contribution in [3.63, 3.8) is 0 Å². The maximum absolute atomic E-state index is 13.6. The van der Waals surface area contributed by atoms with E-state index < -0.39 is 41.2 Å². The average molecular weight is 575 g/mol. The summed E-state index contributed by atoms with van der Waals surface area (Å²) >= 11 is 0. The highest BCUT2D eigenvalue weighted by molar-refractivity contribution is 5.89. The Kier molecular flexibility index (Phi) is 8.60. The number of anilines is 1. The molecule has 0 spiro atoms. The summed E-state index contributed by atoms with van der Waals surface area (Å²) in [6.45, 7) is 3.62. The summed E-state index contributed by atoms with van der Waals surface area (Å²) in [6, 6.07) is 5.61. The van der Waals surface area contributed by atoms with Gasteiger partial charge in [-0.25, -0.2) is 4.79 Å². The van der Waals surface area contributed by atoms with Crippen LogP contribution in [0.25, 0.3) is 0 Å². The van der Waals surface area contributed by atoms with Gasteiger partial charge in [0, 0.05) is 17.6 Å². The minimum Gasteiger partial charge on any atom is -0.492 e. The molecule has 2 fully saturated rings. The number of hydrogen-bond donors (Lipinski definition) is 3. The number of carbonyl (C=O) groups is 1. The number of ether oxygens (including phenoxy) is 2. The molecule has 5 rings (SSSR count). The fraction of sp³-hybridized carbons (Fsp3) is 0.536. The van der Waals surface area contributed by atoms with Crippen LogP contribution in [0.1, 0.15) is 68.2 Å². The minimum absolute atomic E-state index is 0.0684. The van der Waals surface area contributed by atoms with Crippen LogP contribution in [0.2, 0.25) is 0 Å². The van der Waals surface area contributed by atoms with Gasteiger partial charge in [0.2, 0.25) is 0 Å². The van der Waals surface area contributed by atoms with Crippen molar-refractivity contribution in [2.75, 3.05) is 11.9 Å². The molecule has 3 atom stereocenters. The zero-order chi connectivity index (χ0) is 29.3. The topological polar surface area (TPSA) is 79.8 Å². The Morgan fingerprint density at radius 1 is 1.02 bits per heavy atom. The lowest BCUT2D eigenvalue weighted by Crippen LogP contribution is -2.53. The van der Waals surface area contributed by atoms with Crippen molar-refractivity contribution in [2.24, 2.45) is 5.92 Å². The van der Waals surface area contributed by atoms with E-state index in [1.165, 1.54) is 37.5 Å². The minimum atomic E-state index is -4.76. The standard InChI is InChI=1S/C23H22F6N2O4.C5H10/c1-12-8-21(33,14-2-4-15(5-3-14)22(24,25)26)9-16(30-12)11-34-17-6-13-10-35-20(32)31-19(13)18(7-17)23(27,28)29;1-5-3-2-4-5/h2-7,12,16,30,33H,8-11H2,1H3,(H,31,32);5H,2-4H2,1H3/t12?,16?,21-;/m0./s1. The molecular formula is C28H32F6N2O4. The van der Waals surface area contributed by atoms with E-state index in [4.69, 9.17) is 9.47 Å². The van der Waals surface area contributed by atoms with Gasteiger partial charge in [0.25, 0.3) is 0 Å². The van der Waals surface area contributed by atoms with Gasteiger partial charge in [-0.05, 0) is 55.5 Å². The number of aliphatic hydroxyl groups is 1. The predicted molar refractivity (Wildman–Crippen MR) is 135 cm³/mol. The van der Waals surface area contributed by atoms with E-state index in [1.54, 1.807) is 6.92 Å². The average Bonchev–Trinajstić information content (AvgIpc) is 2.85. The fourth-order valence-electron chi connectivity index (χ4n) is 5.16. The van der Waals surface area contributed by atoms with Gasteiger partial charge in [0.15, 0.2) is 0 Å². The lowest BCUT2D eigenvalue weighted by Gasteiger charge is -2.41. The first-order valence-electron chi connectivity index (χ1n) is 13.1.